The second kappa shape index (κ2) is 4.43. The van der Waals surface area contributed by atoms with Crippen molar-refractivity contribution < 1.29 is 13.9 Å². The van der Waals surface area contributed by atoms with Gasteiger partial charge in [0.05, 0.1) is 5.02 Å². The summed E-state index contributed by atoms with van der Waals surface area (Å²) in [6.07, 6.45) is 0. The number of hydrogen-bond donors (Lipinski definition) is 1. The number of nitrogens with zero attached hydrogens (tertiary/aromatic N) is 1. The normalized spacial score (nSPS) is 9.93. The van der Waals surface area contributed by atoms with Gasteiger partial charge in [-0.1, -0.05) is 23.2 Å². The van der Waals surface area contributed by atoms with E-state index in [0.717, 1.165) is 6.07 Å². The zero-order valence-electron chi connectivity index (χ0n) is 6.76. The van der Waals surface area contributed by atoms with Crippen LogP contribution in [0.4, 0.5) is 4.39 Å². The molecule has 1 heterocycles. The van der Waals surface area contributed by atoms with Crippen molar-refractivity contribution in [3.05, 3.63) is 22.1 Å². The van der Waals surface area contributed by atoms with Gasteiger partial charge in [-0.15, -0.1) is 0 Å². The first-order valence-corrected chi connectivity index (χ1v) is 4.19. The highest BCUT2D eigenvalue weighted by atomic mass is 35.5. The van der Waals surface area contributed by atoms with Crippen LogP contribution in [0.1, 0.15) is 0 Å². The number of hydrogen-bond acceptors (Lipinski definition) is 3. The highest BCUT2D eigenvalue weighted by Gasteiger charge is 2.10. The van der Waals surface area contributed by atoms with Crippen LogP contribution in [0.3, 0.4) is 0 Å². The predicted molar refractivity (Wildman–Crippen MR) is 48.9 cm³/mol. The van der Waals surface area contributed by atoms with Crippen LogP contribution in [0.25, 0.3) is 0 Å². The maximum atomic E-state index is 12.8. The SMILES string of the molecule is NC(=O)COc1nc(F)c(Cl)cc1Cl. The largest absolute Gasteiger partial charge is 0.466 e. The van der Waals surface area contributed by atoms with Crippen LogP contribution in [0.2, 0.25) is 10.0 Å². The maximum absolute atomic E-state index is 12.8. The summed E-state index contributed by atoms with van der Waals surface area (Å²) < 4.78 is 17.5. The van der Waals surface area contributed by atoms with Crippen molar-refractivity contribution in [3.8, 4) is 5.88 Å². The number of nitrogens with two attached hydrogens (primary N) is 1. The molecule has 4 nitrogen and oxygen atoms in total. The second-order valence-electron chi connectivity index (χ2n) is 2.30. The van der Waals surface area contributed by atoms with E-state index in [0.29, 0.717) is 0 Å². The number of ether oxygens (including phenoxy) is 1. The highest BCUT2D eigenvalue weighted by Crippen LogP contribution is 2.26. The van der Waals surface area contributed by atoms with Crippen LogP contribution in [-0.4, -0.2) is 17.5 Å². The fraction of sp³-hybridized carbons (Fsp3) is 0.143. The lowest BCUT2D eigenvalue weighted by Crippen LogP contribution is -2.20. The Morgan fingerprint density at radius 2 is 2.21 bits per heavy atom. The fourth-order valence-electron chi connectivity index (χ4n) is 0.669. The van der Waals surface area contributed by atoms with Gasteiger partial charge in [0.15, 0.2) is 6.61 Å². The molecule has 0 saturated heterocycles. The Balaban J connectivity index is 2.87. The van der Waals surface area contributed by atoms with E-state index in [9.17, 15) is 9.18 Å². The second-order valence-corrected chi connectivity index (χ2v) is 3.12. The molecule has 0 aromatic carbocycles. The van der Waals surface area contributed by atoms with Gasteiger partial charge in [0.2, 0.25) is 11.8 Å². The van der Waals surface area contributed by atoms with Crippen molar-refractivity contribution in [3.63, 3.8) is 0 Å². The Bertz CT molecular complexity index is 373. The number of carbonyl (C=O) groups excluding carboxylic acids is 1. The molecule has 14 heavy (non-hydrogen) atoms. The van der Waals surface area contributed by atoms with Gasteiger partial charge in [-0.05, 0) is 6.07 Å². The quantitative estimate of drug-likeness (QED) is 0.810. The summed E-state index contributed by atoms with van der Waals surface area (Å²) in [6.45, 7) is -0.423. The molecule has 76 valence electrons. The number of amides is 1. The Hall–Kier alpha value is -1.07. The van der Waals surface area contributed by atoms with E-state index in [-0.39, 0.29) is 15.9 Å². The van der Waals surface area contributed by atoms with Gasteiger partial charge in [-0.25, -0.2) is 0 Å². The summed E-state index contributed by atoms with van der Waals surface area (Å²) in [5.74, 6) is -1.85. The molecular formula is C7H5Cl2FN2O2. The lowest BCUT2D eigenvalue weighted by Gasteiger charge is -2.04. The lowest BCUT2D eigenvalue weighted by atomic mass is 10.5. The van der Waals surface area contributed by atoms with Crippen LogP contribution in [0, 0.1) is 5.95 Å². The molecule has 1 amide bonds. The van der Waals surface area contributed by atoms with Gasteiger partial charge in [0.25, 0.3) is 5.91 Å². The summed E-state index contributed by atoms with van der Waals surface area (Å²) in [7, 11) is 0. The Morgan fingerprint density at radius 3 is 2.79 bits per heavy atom. The number of primary amides is 1. The topological polar surface area (TPSA) is 65.2 Å². The minimum Gasteiger partial charge on any atom is -0.466 e. The van der Waals surface area contributed by atoms with Crippen molar-refractivity contribution in [1.29, 1.82) is 0 Å². The highest BCUT2D eigenvalue weighted by molar-refractivity contribution is 6.35. The summed E-state index contributed by atoms with van der Waals surface area (Å²) in [6, 6.07) is 1.13. The monoisotopic (exact) mass is 238 g/mol. The van der Waals surface area contributed by atoms with Gasteiger partial charge in [0, 0.05) is 0 Å². The number of aromatic nitrogens is 1. The minimum atomic E-state index is -0.921. The van der Waals surface area contributed by atoms with E-state index in [1.807, 2.05) is 0 Å². The molecular weight excluding hydrogens is 234 g/mol. The van der Waals surface area contributed by atoms with Crippen molar-refractivity contribution in [2.45, 2.75) is 0 Å². The molecule has 0 aliphatic rings. The third-order valence-corrected chi connectivity index (χ3v) is 1.74. The summed E-state index contributed by atoms with van der Waals surface area (Å²) >= 11 is 11.0. The van der Waals surface area contributed by atoms with Gasteiger partial charge < -0.3 is 10.5 Å². The minimum absolute atomic E-state index is 0.0117. The summed E-state index contributed by atoms with van der Waals surface area (Å²) in [4.78, 5) is 13.6. The van der Waals surface area contributed by atoms with Crippen LogP contribution >= 0.6 is 23.2 Å². The van der Waals surface area contributed by atoms with Crippen molar-refractivity contribution in [2.75, 3.05) is 6.61 Å². The zero-order chi connectivity index (χ0) is 10.7. The van der Waals surface area contributed by atoms with E-state index in [1.54, 1.807) is 0 Å². The van der Waals surface area contributed by atoms with Gasteiger partial charge >= 0.3 is 0 Å². The Labute approximate surface area is 88.8 Å². The Morgan fingerprint density at radius 1 is 1.57 bits per heavy atom. The van der Waals surface area contributed by atoms with E-state index in [1.165, 1.54) is 0 Å². The maximum Gasteiger partial charge on any atom is 0.255 e. The molecule has 0 saturated carbocycles. The molecule has 1 rings (SSSR count). The zero-order valence-corrected chi connectivity index (χ0v) is 8.27. The molecule has 2 N–H and O–H groups in total. The van der Waals surface area contributed by atoms with Crippen molar-refractivity contribution in [1.82, 2.24) is 4.98 Å². The fourth-order valence-corrected chi connectivity index (χ4v) is 1.08. The average Bonchev–Trinajstić information content (AvgIpc) is 2.09. The molecule has 0 fully saturated rings. The summed E-state index contributed by atoms with van der Waals surface area (Å²) in [5, 5.41) is -0.209. The van der Waals surface area contributed by atoms with Gasteiger partial charge in [-0.2, -0.15) is 9.37 Å². The van der Waals surface area contributed by atoms with Crippen molar-refractivity contribution >= 4 is 29.1 Å². The van der Waals surface area contributed by atoms with E-state index in [2.05, 4.69) is 4.98 Å². The molecule has 1 aromatic heterocycles. The molecule has 1 aromatic rings. The first-order valence-electron chi connectivity index (χ1n) is 3.43. The number of carbonyl (C=O) groups is 1. The van der Waals surface area contributed by atoms with Crippen LogP contribution in [-0.2, 0) is 4.79 Å². The molecule has 0 atom stereocenters. The number of halogens is 3. The first kappa shape index (κ1) is 11.0. The van der Waals surface area contributed by atoms with E-state index < -0.39 is 18.5 Å². The lowest BCUT2D eigenvalue weighted by molar-refractivity contribution is -0.120. The van der Waals surface area contributed by atoms with Crippen LogP contribution in [0.15, 0.2) is 6.07 Å². The third-order valence-electron chi connectivity index (χ3n) is 1.21. The molecule has 0 spiro atoms. The van der Waals surface area contributed by atoms with E-state index >= 15 is 0 Å². The first-order chi connectivity index (χ1) is 6.50. The standard InChI is InChI=1S/C7H5Cl2FN2O2/c8-3-1-4(9)7(12-6(3)10)14-2-5(11)13/h1H,2H2,(H2,11,13). The molecule has 7 heteroatoms. The predicted octanol–water partition coefficient (Wildman–Crippen LogP) is 1.39. The molecule has 0 aliphatic heterocycles. The Kier molecular flexibility index (Phi) is 3.49. The molecule has 0 aliphatic carbocycles. The number of pyridine rings is 1. The van der Waals surface area contributed by atoms with Gasteiger partial charge in [0.1, 0.15) is 5.02 Å². The van der Waals surface area contributed by atoms with Crippen LogP contribution < -0.4 is 10.5 Å². The van der Waals surface area contributed by atoms with Gasteiger partial charge in [-0.3, -0.25) is 4.79 Å². The molecule has 0 bridgehead atoms. The third kappa shape index (κ3) is 2.71. The smallest absolute Gasteiger partial charge is 0.255 e. The van der Waals surface area contributed by atoms with Crippen molar-refractivity contribution in [2.24, 2.45) is 5.73 Å². The average molecular weight is 239 g/mol. The molecule has 0 radical (unpaired) electrons. The number of rotatable bonds is 3. The van der Waals surface area contributed by atoms with E-state index in [4.69, 9.17) is 33.7 Å². The summed E-state index contributed by atoms with van der Waals surface area (Å²) in [5.41, 5.74) is 4.80. The molecule has 0 unspecified atom stereocenters. The van der Waals surface area contributed by atoms with Crippen LogP contribution in [0.5, 0.6) is 5.88 Å².